The van der Waals surface area contributed by atoms with E-state index in [9.17, 15) is 13.6 Å². The van der Waals surface area contributed by atoms with Crippen molar-refractivity contribution in [2.24, 2.45) is 0 Å². The van der Waals surface area contributed by atoms with Gasteiger partial charge < -0.3 is 15.4 Å². The van der Waals surface area contributed by atoms with Crippen molar-refractivity contribution < 1.29 is 18.3 Å². The largest absolute Gasteiger partial charge is 0.492 e. The highest BCUT2D eigenvalue weighted by Crippen LogP contribution is 2.24. The summed E-state index contributed by atoms with van der Waals surface area (Å²) in [7, 11) is 0. The molecule has 2 aromatic carbocycles. The lowest BCUT2D eigenvalue weighted by Crippen LogP contribution is -2.32. The molecule has 1 unspecified atom stereocenters. The molecule has 0 fully saturated rings. The van der Waals surface area contributed by atoms with Crippen molar-refractivity contribution in [2.45, 2.75) is 19.9 Å². The molecule has 2 N–H and O–H groups in total. The second kappa shape index (κ2) is 7.58. The lowest BCUT2D eigenvalue weighted by Gasteiger charge is -2.18. The number of nitrogens with one attached hydrogen (secondary N) is 2. The Hall–Kier alpha value is -2.63. The average molecular weight is 320 g/mol. The van der Waals surface area contributed by atoms with Crippen LogP contribution in [-0.4, -0.2) is 18.6 Å². The smallest absolute Gasteiger partial charge is 0.246 e. The Morgan fingerprint density at radius 1 is 1.17 bits per heavy atom. The maximum atomic E-state index is 13.6. The highest BCUT2D eigenvalue weighted by atomic mass is 19.1. The number of anilines is 2. The van der Waals surface area contributed by atoms with Crippen LogP contribution >= 0.6 is 0 Å². The maximum Gasteiger partial charge on any atom is 0.246 e. The van der Waals surface area contributed by atoms with Crippen LogP contribution in [0.3, 0.4) is 0 Å². The average Bonchev–Trinajstić information content (AvgIpc) is 2.53. The zero-order valence-corrected chi connectivity index (χ0v) is 12.9. The first-order chi connectivity index (χ1) is 11.0. The van der Waals surface area contributed by atoms with Crippen LogP contribution in [0.1, 0.15) is 13.8 Å². The molecule has 0 heterocycles. The molecular formula is C17H18F2N2O2. The molecule has 23 heavy (non-hydrogen) atoms. The van der Waals surface area contributed by atoms with Gasteiger partial charge in [-0.2, -0.15) is 0 Å². The molecule has 0 spiro atoms. The molecule has 0 aliphatic rings. The molecular weight excluding hydrogens is 302 g/mol. The van der Waals surface area contributed by atoms with Crippen molar-refractivity contribution in [1.29, 1.82) is 0 Å². The highest BCUT2D eigenvalue weighted by molar-refractivity contribution is 5.96. The summed E-state index contributed by atoms with van der Waals surface area (Å²) >= 11 is 0. The van der Waals surface area contributed by atoms with Gasteiger partial charge in [0.05, 0.1) is 18.0 Å². The van der Waals surface area contributed by atoms with Crippen molar-refractivity contribution in [3.8, 4) is 5.75 Å². The van der Waals surface area contributed by atoms with E-state index in [4.69, 9.17) is 4.74 Å². The molecule has 6 heteroatoms. The van der Waals surface area contributed by atoms with Crippen molar-refractivity contribution in [3.05, 3.63) is 54.1 Å². The summed E-state index contributed by atoms with van der Waals surface area (Å²) < 4.78 is 32.2. The molecule has 0 saturated carbocycles. The second-order valence-corrected chi connectivity index (χ2v) is 4.91. The van der Waals surface area contributed by atoms with Crippen molar-refractivity contribution >= 4 is 17.3 Å². The van der Waals surface area contributed by atoms with Gasteiger partial charge in [-0.3, -0.25) is 4.79 Å². The zero-order valence-electron chi connectivity index (χ0n) is 12.9. The molecule has 0 saturated heterocycles. The van der Waals surface area contributed by atoms with Crippen LogP contribution in [0.25, 0.3) is 0 Å². The Bertz CT molecular complexity index is 692. The fourth-order valence-electron chi connectivity index (χ4n) is 2.00. The minimum Gasteiger partial charge on any atom is -0.492 e. The number of halogens is 2. The summed E-state index contributed by atoms with van der Waals surface area (Å²) in [5.74, 6) is -1.18. The Morgan fingerprint density at radius 2 is 1.91 bits per heavy atom. The van der Waals surface area contributed by atoms with E-state index < -0.39 is 23.6 Å². The van der Waals surface area contributed by atoms with Gasteiger partial charge in [0.1, 0.15) is 23.4 Å². The van der Waals surface area contributed by atoms with E-state index in [1.54, 1.807) is 19.1 Å². The standard InChI is InChI=1S/C17H18F2N2O2/c1-3-23-16-7-5-4-6-14(16)20-11(2)17(22)21-15-10-12(18)8-9-13(15)19/h4-11,20H,3H2,1-2H3,(H,21,22). The third-order valence-corrected chi connectivity index (χ3v) is 3.14. The number of benzene rings is 2. The minimum absolute atomic E-state index is 0.193. The number of para-hydroxylation sites is 2. The van der Waals surface area contributed by atoms with Crippen molar-refractivity contribution in [2.75, 3.05) is 17.2 Å². The van der Waals surface area contributed by atoms with E-state index in [1.807, 2.05) is 19.1 Å². The van der Waals surface area contributed by atoms with E-state index in [0.717, 1.165) is 18.2 Å². The maximum absolute atomic E-state index is 13.6. The number of amides is 1. The van der Waals surface area contributed by atoms with Gasteiger partial charge in [-0.05, 0) is 38.1 Å². The molecule has 2 aromatic rings. The first-order valence-electron chi connectivity index (χ1n) is 7.25. The van der Waals surface area contributed by atoms with Gasteiger partial charge in [0.2, 0.25) is 5.91 Å². The Labute approximate surface area is 133 Å². The molecule has 0 radical (unpaired) electrons. The van der Waals surface area contributed by atoms with Gasteiger partial charge >= 0.3 is 0 Å². The quantitative estimate of drug-likeness (QED) is 0.851. The number of carbonyl (C=O) groups excluding carboxylic acids is 1. The van der Waals surface area contributed by atoms with Crippen LogP contribution < -0.4 is 15.4 Å². The van der Waals surface area contributed by atoms with E-state index in [1.165, 1.54) is 0 Å². The molecule has 1 atom stereocenters. The molecule has 1 amide bonds. The monoisotopic (exact) mass is 320 g/mol. The second-order valence-electron chi connectivity index (χ2n) is 4.91. The van der Waals surface area contributed by atoms with Crippen LogP contribution in [0.4, 0.5) is 20.2 Å². The molecule has 122 valence electrons. The summed E-state index contributed by atoms with van der Waals surface area (Å²) in [4.78, 5) is 12.1. The normalized spacial score (nSPS) is 11.7. The highest BCUT2D eigenvalue weighted by Gasteiger charge is 2.16. The van der Waals surface area contributed by atoms with Gasteiger partial charge in [-0.15, -0.1) is 0 Å². The van der Waals surface area contributed by atoms with E-state index in [2.05, 4.69) is 10.6 Å². The third kappa shape index (κ3) is 4.42. The number of carbonyl (C=O) groups is 1. The number of hydrogen-bond donors (Lipinski definition) is 2. The number of rotatable bonds is 6. The van der Waals surface area contributed by atoms with Crippen molar-refractivity contribution in [3.63, 3.8) is 0 Å². The van der Waals surface area contributed by atoms with E-state index >= 15 is 0 Å². The molecule has 4 nitrogen and oxygen atoms in total. The fraction of sp³-hybridized carbons (Fsp3) is 0.235. The zero-order chi connectivity index (χ0) is 16.8. The number of ether oxygens (including phenoxy) is 1. The van der Waals surface area contributed by atoms with E-state index in [-0.39, 0.29) is 5.69 Å². The fourth-order valence-corrected chi connectivity index (χ4v) is 2.00. The minimum atomic E-state index is -0.693. The first-order valence-corrected chi connectivity index (χ1v) is 7.25. The summed E-state index contributed by atoms with van der Waals surface area (Å²) in [6, 6.07) is 9.41. The Balaban J connectivity index is 2.07. The Morgan fingerprint density at radius 3 is 2.65 bits per heavy atom. The summed E-state index contributed by atoms with van der Waals surface area (Å²) in [6.07, 6.45) is 0. The molecule has 0 aliphatic carbocycles. The van der Waals surface area contributed by atoms with Crippen molar-refractivity contribution in [1.82, 2.24) is 0 Å². The molecule has 0 bridgehead atoms. The molecule has 0 aliphatic heterocycles. The summed E-state index contributed by atoms with van der Waals surface area (Å²) in [5, 5.41) is 5.36. The predicted molar refractivity (Wildman–Crippen MR) is 85.7 cm³/mol. The topological polar surface area (TPSA) is 50.4 Å². The molecule has 0 aromatic heterocycles. The lowest BCUT2D eigenvalue weighted by atomic mass is 10.2. The predicted octanol–water partition coefficient (Wildman–Crippen LogP) is 3.80. The summed E-state index contributed by atoms with van der Waals surface area (Å²) in [5.41, 5.74) is 0.457. The van der Waals surface area contributed by atoms with E-state index in [0.29, 0.717) is 18.0 Å². The van der Waals surface area contributed by atoms with Gasteiger partial charge in [0.15, 0.2) is 0 Å². The van der Waals surface area contributed by atoms with Gasteiger partial charge in [0.25, 0.3) is 0 Å². The SMILES string of the molecule is CCOc1ccccc1NC(C)C(=O)Nc1cc(F)ccc1F. The van der Waals surface area contributed by atoms with Gasteiger partial charge in [0, 0.05) is 6.07 Å². The van der Waals surface area contributed by atoms with Crippen LogP contribution in [-0.2, 0) is 4.79 Å². The Kier molecular flexibility index (Phi) is 5.51. The van der Waals surface area contributed by atoms with Crippen LogP contribution in [0.5, 0.6) is 5.75 Å². The van der Waals surface area contributed by atoms with Crippen LogP contribution in [0.15, 0.2) is 42.5 Å². The van der Waals surface area contributed by atoms with Crippen LogP contribution in [0, 0.1) is 11.6 Å². The first kappa shape index (κ1) is 16.7. The lowest BCUT2D eigenvalue weighted by molar-refractivity contribution is -0.116. The number of hydrogen-bond acceptors (Lipinski definition) is 3. The third-order valence-electron chi connectivity index (χ3n) is 3.14. The van der Waals surface area contributed by atoms with Gasteiger partial charge in [-0.25, -0.2) is 8.78 Å². The van der Waals surface area contributed by atoms with Gasteiger partial charge in [-0.1, -0.05) is 12.1 Å². The molecule has 2 rings (SSSR count). The summed E-state index contributed by atoms with van der Waals surface area (Å²) in [6.45, 7) is 3.97. The van der Waals surface area contributed by atoms with Crippen LogP contribution in [0.2, 0.25) is 0 Å².